The van der Waals surface area contributed by atoms with Gasteiger partial charge in [0.2, 0.25) is 0 Å². The zero-order valence-corrected chi connectivity index (χ0v) is 14.9. The molecule has 1 aromatic rings. The van der Waals surface area contributed by atoms with Crippen molar-refractivity contribution >= 4 is 5.96 Å². The second kappa shape index (κ2) is 9.62. The zero-order chi connectivity index (χ0) is 17.3. The zero-order valence-electron chi connectivity index (χ0n) is 14.9. The Morgan fingerprint density at radius 2 is 2.08 bits per heavy atom. The Morgan fingerprint density at radius 1 is 1.29 bits per heavy atom. The first-order chi connectivity index (χ1) is 11.7. The topological polar surface area (TPSA) is 45.6 Å². The van der Waals surface area contributed by atoms with Crippen molar-refractivity contribution in [3.8, 4) is 0 Å². The lowest BCUT2D eigenvalue weighted by atomic mass is 9.83. The van der Waals surface area contributed by atoms with Crippen molar-refractivity contribution < 1.29 is 9.13 Å². The minimum absolute atomic E-state index is 0.210. The van der Waals surface area contributed by atoms with Gasteiger partial charge >= 0.3 is 0 Å². The Labute approximate surface area is 144 Å². The number of nitrogens with one attached hydrogen (secondary N) is 2. The molecule has 0 spiro atoms. The SMILES string of the molecule is CCOCCC1(CNC(=NC)NCc2cccc(F)c2)CCCC1. The van der Waals surface area contributed by atoms with Crippen LogP contribution < -0.4 is 10.6 Å². The van der Waals surface area contributed by atoms with Crippen LogP contribution in [-0.4, -0.2) is 32.8 Å². The number of benzene rings is 1. The molecule has 0 radical (unpaired) electrons. The second-order valence-corrected chi connectivity index (χ2v) is 6.56. The number of rotatable bonds is 8. The molecular formula is C19H30FN3O. The first-order valence-electron chi connectivity index (χ1n) is 8.94. The molecule has 1 aromatic carbocycles. The van der Waals surface area contributed by atoms with E-state index in [9.17, 15) is 4.39 Å². The summed E-state index contributed by atoms with van der Waals surface area (Å²) in [5.74, 6) is 0.556. The maximum Gasteiger partial charge on any atom is 0.191 e. The van der Waals surface area contributed by atoms with E-state index in [1.54, 1.807) is 19.2 Å². The van der Waals surface area contributed by atoms with Crippen molar-refractivity contribution in [3.63, 3.8) is 0 Å². The maximum atomic E-state index is 13.2. The van der Waals surface area contributed by atoms with Gasteiger partial charge < -0.3 is 15.4 Å². The van der Waals surface area contributed by atoms with Crippen molar-refractivity contribution in [1.82, 2.24) is 10.6 Å². The molecule has 4 nitrogen and oxygen atoms in total. The van der Waals surface area contributed by atoms with Gasteiger partial charge in [-0.1, -0.05) is 25.0 Å². The lowest BCUT2D eigenvalue weighted by molar-refractivity contribution is 0.105. The molecule has 1 saturated carbocycles. The van der Waals surface area contributed by atoms with Crippen LogP contribution in [0.2, 0.25) is 0 Å². The number of aliphatic imine (C=N–C) groups is 1. The number of halogens is 1. The van der Waals surface area contributed by atoms with Gasteiger partial charge in [-0.25, -0.2) is 4.39 Å². The van der Waals surface area contributed by atoms with E-state index >= 15 is 0 Å². The summed E-state index contributed by atoms with van der Waals surface area (Å²) in [4.78, 5) is 4.28. The van der Waals surface area contributed by atoms with E-state index in [0.717, 1.165) is 37.7 Å². The summed E-state index contributed by atoms with van der Waals surface area (Å²) in [5, 5.41) is 6.72. The fourth-order valence-electron chi connectivity index (χ4n) is 3.40. The Hall–Kier alpha value is -1.62. The lowest BCUT2D eigenvalue weighted by Gasteiger charge is -2.30. The molecule has 0 aliphatic heterocycles. The van der Waals surface area contributed by atoms with Gasteiger partial charge in [-0.2, -0.15) is 0 Å². The minimum atomic E-state index is -0.210. The molecule has 0 heterocycles. The minimum Gasteiger partial charge on any atom is -0.382 e. The van der Waals surface area contributed by atoms with Crippen LogP contribution in [0, 0.1) is 11.2 Å². The van der Waals surface area contributed by atoms with E-state index in [2.05, 4.69) is 15.6 Å². The van der Waals surface area contributed by atoms with E-state index in [0.29, 0.717) is 12.0 Å². The third kappa shape index (κ3) is 5.78. The summed E-state index contributed by atoms with van der Waals surface area (Å²) in [6.45, 7) is 5.11. The third-order valence-electron chi connectivity index (χ3n) is 4.85. The van der Waals surface area contributed by atoms with Crippen LogP contribution >= 0.6 is 0 Å². The van der Waals surface area contributed by atoms with Crippen molar-refractivity contribution in [2.45, 2.75) is 45.6 Å². The van der Waals surface area contributed by atoms with Crippen molar-refractivity contribution in [1.29, 1.82) is 0 Å². The van der Waals surface area contributed by atoms with Crippen LogP contribution in [0.1, 0.15) is 44.6 Å². The fraction of sp³-hybridized carbons (Fsp3) is 0.632. The highest BCUT2D eigenvalue weighted by Gasteiger charge is 2.33. The van der Waals surface area contributed by atoms with E-state index in [1.165, 1.54) is 31.7 Å². The van der Waals surface area contributed by atoms with Gasteiger partial charge in [-0.05, 0) is 49.3 Å². The van der Waals surface area contributed by atoms with Gasteiger partial charge in [0.1, 0.15) is 5.82 Å². The predicted octanol–water partition coefficient (Wildman–Crippen LogP) is 3.48. The molecule has 1 aliphatic carbocycles. The summed E-state index contributed by atoms with van der Waals surface area (Å²) in [6, 6.07) is 6.63. The third-order valence-corrected chi connectivity index (χ3v) is 4.85. The van der Waals surface area contributed by atoms with Crippen LogP contribution in [0.25, 0.3) is 0 Å². The molecule has 0 unspecified atom stereocenters. The van der Waals surface area contributed by atoms with Crippen LogP contribution in [-0.2, 0) is 11.3 Å². The highest BCUT2D eigenvalue weighted by molar-refractivity contribution is 5.79. The molecule has 134 valence electrons. The number of hydrogen-bond acceptors (Lipinski definition) is 2. The standard InChI is InChI=1S/C19H30FN3O/c1-3-24-12-11-19(9-4-5-10-19)15-23-18(21-2)22-14-16-7-6-8-17(20)13-16/h6-8,13H,3-5,9-12,14-15H2,1-2H3,(H2,21,22,23). The Balaban J connectivity index is 1.83. The van der Waals surface area contributed by atoms with Gasteiger partial charge in [0.05, 0.1) is 0 Å². The van der Waals surface area contributed by atoms with Gasteiger partial charge in [0.25, 0.3) is 0 Å². The highest BCUT2D eigenvalue weighted by Crippen LogP contribution is 2.40. The number of hydrogen-bond donors (Lipinski definition) is 2. The van der Waals surface area contributed by atoms with Crippen molar-refractivity contribution in [3.05, 3.63) is 35.6 Å². The average Bonchev–Trinajstić information content (AvgIpc) is 3.04. The van der Waals surface area contributed by atoms with Crippen LogP contribution in [0.15, 0.2) is 29.3 Å². The quantitative estimate of drug-likeness (QED) is 0.434. The lowest BCUT2D eigenvalue weighted by Crippen LogP contribution is -2.43. The second-order valence-electron chi connectivity index (χ2n) is 6.56. The molecule has 24 heavy (non-hydrogen) atoms. The fourth-order valence-corrected chi connectivity index (χ4v) is 3.40. The average molecular weight is 335 g/mol. The van der Waals surface area contributed by atoms with Gasteiger partial charge in [0.15, 0.2) is 5.96 Å². The molecule has 2 rings (SSSR count). The molecule has 0 amide bonds. The smallest absolute Gasteiger partial charge is 0.191 e. The van der Waals surface area contributed by atoms with Crippen molar-refractivity contribution in [2.75, 3.05) is 26.8 Å². The largest absolute Gasteiger partial charge is 0.382 e. The molecule has 0 bridgehead atoms. The first kappa shape index (κ1) is 18.7. The number of guanidine groups is 1. The summed E-state index contributed by atoms with van der Waals surface area (Å²) >= 11 is 0. The Kier molecular flexibility index (Phi) is 7.50. The van der Waals surface area contributed by atoms with E-state index in [1.807, 2.05) is 13.0 Å². The Bertz CT molecular complexity index is 527. The van der Waals surface area contributed by atoms with Gasteiger partial charge in [0, 0.05) is 33.4 Å². The predicted molar refractivity (Wildman–Crippen MR) is 96.6 cm³/mol. The first-order valence-corrected chi connectivity index (χ1v) is 8.94. The number of nitrogens with zero attached hydrogens (tertiary/aromatic N) is 1. The molecule has 0 aromatic heterocycles. The molecule has 2 N–H and O–H groups in total. The maximum absolute atomic E-state index is 13.2. The van der Waals surface area contributed by atoms with Gasteiger partial charge in [-0.15, -0.1) is 0 Å². The summed E-state index contributed by atoms with van der Waals surface area (Å²) in [5.41, 5.74) is 1.22. The highest BCUT2D eigenvalue weighted by atomic mass is 19.1. The Morgan fingerprint density at radius 3 is 2.75 bits per heavy atom. The molecular weight excluding hydrogens is 305 g/mol. The van der Waals surface area contributed by atoms with E-state index in [4.69, 9.17) is 4.74 Å². The summed E-state index contributed by atoms with van der Waals surface area (Å²) in [7, 11) is 1.77. The molecule has 5 heteroatoms. The van der Waals surface area contributed by atoms with E-state index < -0.39 is 0 Å². The van der Waals surface area contributed by atoms with Crippen LogP contribution in [0.4, 0.5) is 4.39 Å². The molecule has 1 aliphatic rings. The van der Waals surface area contributed by atoms with E-state index in [-0.39, 0.29) is 5.82 Å². The van der Waals surface area contributed by atoms with Crippen LogP contribution in [0.5, 0.6) is 0 Å². The molecule has 1 fully saturated rings. The van der Waals surface area contributed by atoms with Gasteiger partial charge in [-0.3, -0.25) is 4.99 Å². The summed E-state index contributed by atoms with van der Waals surface area (Å²) in [6.07, 6.45) is 6.17. The number of ether oxygens (including phenoxy) is 1. The molecule has 0 saturated heterocycles. The summed E-state index contributed by atoms with van der Waals surface area (Å²) < 4.78 is 18.8. The molecule has 0 atom stereocenters. The van der Waals surface area contributed by atoms with Crippen LogP contribution in [0.3, 0.4) is 0 Å². The van der Waals surface area contributed by atoms with Crippen molar-refractivity contribution in [2.24, 2.45) is 10.4 Å². The normalized spacial score (nSPS) is 17.0. The monoisotopic (exact) mass is 335 g/mol.